The SMILES string of the molecule is CCOc1cc(Br)cn(CC)c1=O. The van der Waals surface area contributed by atoms with Crippen molar-refractivity contribution < 1.29 is 4.74 Å². The van der Waals surface area contributed by atoms with Gasteiger partial charge in [-0.1, -0.05) is 0 Å². The highest BCUT2D eigenvalue weighted by Crippen LogP contribution is 2.13. The summed E-state index contributed by atoms with van der Waals surface area (Å²) in [4.78, 5) is 11.6. The minimum atomic E-state index is -0.0763. The van der Waals surface area contributed by atoms with Crippen LogP contribution in [0.4, 0.5) is 0 Å². The quantitative estimate of drug-likeness (QED) is 0.817. The Kier molecular flexibility index (Phi) is 3.54. The summed E-state index contributed by atoms with van der Waals surface area (Å²) in [6, 6.07) is 1.69. The molecule has 0 spiro atoms. The maximum absolute atomic E-state index is 11.6. The Morgan fingerprint density at radius 2 is 2.23 bits per heavy atom. The molecule has 1 heterocycles. The summed E-state index contributed by atoms with van der Waals surface area (Å²) in [7, 11) is 0. The molecular formula is C9H12BrNO2. The van der Waals surface area contributed by atoms with E-state index < -0.39 is 0 Å². The minimum Gasteiger partial charge on any atom is -0.488 e. The zero-order chi connectivity index (χ0) is 9.84. The van der Waals surface area contributed by atoms with Crippen LogP contribution in [0, 0.1) is 0 Å². The second-order valence-corrected chi connectivity index (χ2v) is 3.46. The summed E-state index contributed by atoms with van der Waals surface area (Å²) in [5.41, 5.74) is -0.0763. The lowest BCUT2D eigenvalue weighted by atomic mass is 10.4. The zero-order valence-electron chi connectivity index (χ0n) is 7.71. The Bertz CT molecular complexity index is 346. The van der Waals surface area contributed by atoms with Gasteiger partial charge in [-0.2, -0.15) is 0 Å². The van der Waals surface area contributed by atoms with E-state index in [2.05, 4.69) is 15.9 Å². The highest BCUT2D eigenvalue weighted by molar-refractivity contribution is 9.10. The fourth-order valence-electron chi connectivity index (χ4n) is 1.07. The second kappa shape index (κ2) is 4.46. The number of pyridine rings is 1. The van der Waals surface area contributed by atoms with Crippen molar-refractivity contribution in [2.75, 3.05) is 6.61 Å². The zero-order valence-corrected chi connectivity index (χ0v) is 9.30. The third kappa shape index (κ3) is 2.34. The highest BCUT2D eigenvalue weighted by Gasteiger charge is 2.04. The molecule has 72 valence electrons. The third-order valence-corrected chi connectivity index (χ3v) is 2.09. The molecule has 4 heteroatoms. The monoisotopic (exact) mass is 245 g/mol. The fourth-order valence-corrected chi connectivity index (χ4v) is 1.52. The predicted molar refractivity (Wildman–Crippen MR) is 55.2 cm³/mol. The number of nitrogens with zero attached hydrogens (tertiary/aromatic N) is 1. The van der Waals surface area contributed by atoms with Crippen LogP contribution < -0.4 is 10.3 Å². The molecule has 0 unspecified atom stereocenters. The number of aryl methyl sites for hydroxylation is 1. The highest BCUT2D eigenvalue weighted by atomic mass is 79.9. The summed E-state index contributed by atoms with van der Waals surface area (Å²) in [5.74, 6) is 0.402. The molecule has 0 aliphatic rings. The Morgan fingerprint density at radius 1 is 1.54 bits per heavy atom. The maximum Gasteiger partial charge on any atom is 0.292 e. The van der Waals surface area contributed by atoms with Gasteiger partial charge in [-0.3, -0.25) is 4.79 Å². The van der Waals surface area contributed by atoms with Crippen LogP contribution in [0.3, 0.4) is 0 Å². The molecule has 3 nitrogen and oxygen atoms in total. The fraction of sp³-hybridized carbons (Fsp3) is 0.444. The Morgan fingerprint density at radius 3 is 2.77 bits per heavy atom. The topological polar surface area (TPSA) is 31.2 Å². The smallest absolute Gasteiger partial charge is 0.292 e. The lowest BCUT2D eigenvalue weighted by Gasteiger charge is -2.07. The van der Waals surface area contributed by atoms with Gasteiger partial charge in [0.15, 0.2) is 5.75 Å². The number of rotatable bonds is 3. The number of halogens is 1. The molecule has 0 aromatic carbocycles. The molecular weight excluding hydrogens is 234 g/mol. The first-order valence-corrected chi connectivity index (χ1v) is 5.01. The molecule has 0 bridgehead atoms. The maximum atomic E-state index is 11.6. The van der Waals surface area contributed by atoms with Crippen LogP contribution in [0.15, 0.2) is 21.5 Å². The van der Waals surface area contributed by atoms with Gasteiger partial charge >= 0.3 is 0 Å². The number of hydrogen-bond acceptors (Lipinski definition) is 2. The molecule has 0 aliphatic heterocycles. The van der Waals surface area contributed by atoms with Crippen molar-refractivity contribution in [3.63, 3.8) is 0 Å². The van der Waals surface area contributed by atoms with Crippen molar-refractivity contribution in [3.8, 4) is 5.75 Å². The Labute approximate surface area is 85.5 Å². The van der Waals surface area contributed by atoms with Gasteiger partial charge < -0.3 is 9.30 Å². The third-order valence-electron chi connectivity index (χ3n) is 1.66. The number of ether oxygens (including phenoxy) is 1. The normalized spacial score (nSPS) is 10.1. The molecule has 1 aromatic heterocycles. The van der Waals surface area contributed by atoms with E-state index in [-0.39, 0.29) is 5.56 Å². The molecule has 13 heavy (non-hydrogen) atoms. The van der Waals surface area contributed by atoms with Crippen molar-refractivity contribution in [2.24, 2.45) is 0 Å². The Hall–Kier alpha value is -0.770. The van der Waals surface area contributed by atoms with E-state index in [1.807, 2.05) is 13.8 Å². The average Bonchev–Trinajstić information content (AvgIpc) is 2.11. The molecule has 0 N–H and O–H groups in total. The summed E-state index contributed by atoms with van der Waals surface area (Å²) < 4.78 is 7.66. The van der Waals surface area contributed by atoms with Crippen molar-refractivity contribution in [1.29, 1.82) is 0 Å². The van der Waals surface area contributed by atoms with E-state index in [4.69, 9.17) is 4.74 Å². The van der Waals surface area contributed by atoms with Gasteiger partial charge in [-0.25, -0.2) is 0 Å². The summed E-state index contributed by atoms with van der Waals surface area (Å²) in [5, 5.41) is 0. The molecule has 0 radical (unpaired) electrons. The van der Waals surface area contributed by atoms with Crippen LogP contribution in [-0.4, -0.2) is 11.2 Å². The van der Waals surface area contributed by atoms with Gasteiger partial charge in [-0.05, 0) is 29.8 Å². The summed E-state index contributed by atoms with van der Waals surface area (Å²) in [6.07, 6.45) is 1.75. The van der Waals surface area contributed by atoms with Gasteiger partial charge in [0.1, 0.15) is 0 Å². The van der Waals surface area contributed by atoms with Crippen molar-refractivity contribution in [1.82, 2.24) is 4.57 Å². The van der Waals surface area contributed by atoms with Crippen LogP contribution in [0.1, 0.15) is 13.8 Å². The van der Waals surface area contributed by atoms with Crippen LogP contribution in [0.2, 0.25) is 0 Å². The Balaban J connectivity index is 3.19. The molecule has 0 aliphatic carbocycles. The van der Waals surface area contributed by atoms with E-state index in [9.17, 15) is 4.79 Å². The lowest BCUT2D eigenvalue weighted by molar-refractivity contribution is 0.332. The molecule has 0 saturated carbocycles. The van der Waals surface area contributed by atoms with Crippen LogP contribution in [0.25, 0.3) is 0 Å². The largest absolute Gasteiger partial charge is 0.488 e. The van der Waals surface area contributed by atoms with Crippen LogP contribution >= 0.6 is 15.9 Å². The van der Waals surface area contributed by atoms with E-state index in [0.29, 0.717) is 18.9 Å². The standard InChI is InChI=1S/C9H12BrNO2/c1-3-11-6-7(10)5-8(9(11)12)13-4-2/h5-6H,3-4H2,1-2H3. The minimum absolute atomic E-state index is 0.0763. The molecule has 0 fully saturated rings. The van der Waals surface area contributed by atoms with Gasteiger partial charge in [0.25, 0.3) is 5.56 Å². The van der Waals surface area contributed by atoms with Crippen molar-refractivity contribution >= 4 is 15.9 Å². The van der Waals surface area contributed by atoms with E-state index in [1.54, 1.807) is 16.8 Å². The van der Waals surface area contributed by atoms with Crippen molar-refractivity contribution in [3.05, 3.63) is 27.1 Å². The summed E-state index contributed by atoms with van der Waals surface area (Å²) in [6.45, 7) is 4.94. The van der Waals surface area contributed by atoms with Crippen LogP contribution in [-0.2, 0) is 6.54 Å². The van der Waals surface area contributed by atoms with Crippen LogP contribution in [0.5, 0.6) is 5.75 Å². The first-order valence-electron chi connectivity index (χ1n) is 4.21. The molecule has 1 aromatic rings. The molecule has 0 saturated heterocycles. The van der Waals surface area contributed by atoms with Gasteiger partial charge in [0.2, 0.25) is 0 Å². The summed E-state index contributed by atoms with van der Waals surface area (Å²) >= 11 is 3.32. The molecule has 0 amide bonds. The van der Waals surface area contributed by atoms with Gasteiger partial charge in [-0.15, -0.1) is 0 Å². The van der Waals surface area contributed by atoms with Gasteiger partial charge in [0, 0.05) is 23.3 Å². The molecule has 0 atom stereocenters. The van der Waals surface area contributed by atoms with Crippen molar-refractivity contribution in [2.45, 2.75) is 20.4 Å². The lowest BCUT2D eigenvalue weighted by Crippen LogP contribution is -2.20. The number of aromatic nitrogens is 1. The van der Waals surface area contributed by atoms with E-state index in [0.717, 1.165) is 4.47 Å². The van der Waals surface area contributed by atoms with Gasteiger partial charge in [0.05, 0.1) is 6.61 Å². The first kappa shape index (κ1) is 10.3. The average molecular weight is 246 g/mol. The number of hydrogen-bond donors (Lipinski definition) is 0. The predicted octanol–water partition coefficient (Wildman–Crippen LogP) is 2.03. The van der Waals surface area contributed by atoms with E-state index in [1.165, 1.54) is 0 Å². The van der Waals surface area contributed by atoms with E-state index >= 15 is 0 Å². The first-order chi connectivity index (χ1) is 6.19. The molecule has 1 rings (SSSR count). The second-order valence-electron chi connectivity index (χ2n) is 2.55.